The summed E-state index contributed by atoms with van der Waals surface area (Å²) in [4.78, 5) is 12.9. The Balaban J connectivity index is 2.28. The lowest BCUT2D eigenvalue weighted by Gasteiger charge is -2.41. The zero-order valence-electron chi connectivity index (χ0n) is 41.8. The molecule has 0 aromatic heterocycles. The van der Waals surface area contributed by atoms with Crippen molar-refractivity contribution in [1.82, 2.24) is 0 Å². The van der Waals surface area contributed by atoms with Gasteiger partial charge in [-0.05, 0) is 70.6 Å². The number of hydrogen-bond acceptors (Lipinski definition) is 11. The number of carbonyl (C=O) groups is 1. The molecule has 0 aliphatic carbocycles. The molecule has 0 saturated carbocycles. The first-order valence-corrected chi connectivity index (χ1v) is 28.1. The van der Waals surface area contributed by atoms with Crippen molar-refractivity contribution in [3.63, 3.8) is 0 Å². The predicted octanol–water partition coefficient (Wildman–Crippen LogP) is 12.5. The normalized spacial score (nSPS) is 19.8. The molecular weight excluding hydrogens is 861 g/mol. The van der Waals surface area contributed by atoms with Crippen molar-refractivity contribution in [1.29, 1.82) is 0 Å². The number of aliphatic hydroxyl groups excluding tert-OH is 3. The standard InChI is InChI=1S/C53H98O12S/c1-3-5-7-9-11-13-15-17-18-19-20-21-22-23-24-25-26-27-28-29-31-33-35-37-39-41-43-61-45-47(46-62-53-51(57)52(65-66(58,59)60)50(56)48(44-54)64-53)63-49(55)42-40-38-36-34-32-30-16-14-12-10-8-6-4-2/h14-17,19-20,47-48,50-54,56-57H,3-13,18,21-46H2,1-2H3,(H,58,59,60)/b16-14-,17-15-,20-19-. The van der Waals surface area contributed by atoms with Crippen molar-refractivity contribution < 1.29 is 56.2 Å². The lowest BCUT2D eigenvalue weighted by molar-refractivity contribution is -0.301. The summed E-state index contributed by atoms with van der Waals surface area (Å²) in [6, 6.07) is 0. The van der Waals surface area contributed by atoms with Gasteiger partial charge in [0.15, 0.2) is 6.29 Å². The van der Waals surface area contributed by atoms with Gasteiger partial charge in [0.05, 0.1) is 19.8 Å². The molecule has 0 radical (unpaired) electrons. The maximum atomic E-state index is 12.9. The largest absolute Gasteiger partial charge is 0.457 e. The number of rotatable bonds is 47. The average molecular weight is 959 g/mol. The van der Waals surface area contributed by atoms with Crippen LogP contribution in [0, 0.1) is 0 Å². The number of carbonyl (C=O) groups excluding carboxylic acids is 1. The van der Waals surface area contributed by atoms with Crippen LogP contribution in [0.15, 0.2) is 36.5 Å². The Morgan fingerprint density at radius 3 is 1.47 bits per heavy atom. The molecule has 66 heavy (non-hydrogen) atoms. The molecule has 1 saturated heterocycles. The Kier molecular flexibility index (Phi) is 42.1. The number of hydrogen-bond donors (Lipinski definition) is 4. The molecule has 13 heteroatoms. The maximum Gasteiger partial charge on any atom is 0.397 e. The van der Waals surface area contributed by atoms with Crippen LogP contribution in [0.1, 0.15) is 232 Å². The van der Waals surface area contributed by atoms with Crippen LogP contribution < -0.4 is 0 Å². The second kappa shape index (κ2) is 44.5. The van der Waals surface area contributed by atoms with Crippen LogP contribution in [0.25, 0.3) is 0 Å². The summed E-state index contributed by atoms with van der Waals surface area (Å²) in [5, 5.41) is 30.7. The molecule has 0 aromatic rings. The third kappa shape index (κ3) is 37.2. The summed E-state index contributed by atoms with van der Waals surface area (Å²) in [7, 11) is -5.06. The van der Waals surface area contributed by atoms with E-state index in [0.29, 0.717) is 13.0 Å². The molecule has 6 atom stereocenters. The van der Waals surface area contributed by atoms with Gasteiger partial charge in [0, 0.05) is 13.0 Å². The monoisotopic (exact) mass is 959 g/mol. The lowest BCUT2D eigenvalue weighted by Crippen LogP contribution is -2.60. The van der Waals surface area contributed by atoms with Crippen LogP contribution in [-0.4, -0.2) is 97.5 Å². The van der Waals surface area contributed by atoms with E-state index in [-0.39, 0.29) is 19.6 Å². The number of esters is 1. The van der Waals surface area contributed by atoms with Crippen LogP contribution in [-0.2, 0) is 38.3 Å². The Labute approximate surface area is 403 Å². The van der Waals surface area contributed by atoms with Gasteiger partial charge in [-0.2, -0.15) is 8.42 Å². The van der Waals surface area contributed by atoms with E-state index in [1.165, 1.54) is 141 Å². The van der Waals surface area contributed by atoms with Gasteiger partial charge < -0.3 is 34.3 Å². The number of aliphatic hydroxyl groups is 3. The molecule has 1 heterocycles. The van der Waals surface area contributed by atoms with Gasteiger partial charge in [-0.15, -0.1) is 0 Å². The van der Waals surface area contributed by atoms with Gasteiger partial charge in [0.2, 0.25) is 0 Å². The SMILES string of the molecule is CCCCCC/C=C\CCCCCCCC(=O)OC(COCCCCCCCCCCCCCCCC/C=C\C/C=C\CCCCCCC)COC1OC(CO)C(O)C(OS(=O)(=O)O)C1O. The van der Waals surface area contributed by atoms with Gasteiger partial charge in [-0.25, -0.2) is 4.18 Å². The van der Waals surface area contributed by atoms with E-state index in [1.54, 1.807) is 0 Å². The highest BCUT2D eigenvalue weighted by Crippen LogP contribution is 2.26. The van der Waals surface area contributed by atoms with Crippen LogP contribution in [0.5, 0.6) is 0 Å². The fourth-order valence-corrected chi connectivity index (χ4v) is 8.68. The van der Waals surface area contributed by atoms with E-state index in [4.69, 9.17) is 18.9 Å². The Bertz CT molecular complexity index is 1290. The molecule has 1 fully saturated rings. The Morgan fingerprint density at radius 2 is 1.00 bits per heavy atom. The minimum absolute atomic E-state index is 0.0342. The smallest absolute Gasteiger partial charge is 0.397 e. The highest BCUT2D eigenvalue weighted by atomic mass is 32.3. The van der Waals surface area contributed by atoms with Crippen molar-refractivity contribution in [2.75, 3.05) is 26.4 Å². The molecule has 12 nitrogen and oxygen atoms in total. The van der Waals surface area contributed by atoms with Crippen molar-refractivity contribution >= 4 is 16.4 Å². The van der Waals surface area contributed by atoms with E-state index in [0.717, 1.165) is 64.2 Å². The minimum Gasteiger partial charge on any atom is -0.457 e. The highest BCUT2D eigenvalue weighted by molar-refractivity contribution is 7.80. The molecule has 388 valence electrons. The molecule has 0 spiro atoms. The molecule has 1 rings (SSSR count). The first-order valence-electron chi connectivity index (χ1n) is 26.7. The summed E-state index contributed by atoms with van der Waals surface area (Å²) in [5.74, 6) is -0.407. The van der Waals surface area contributed by atoms with E-state index >= 15 is 0 Å². The van der Waals surface area contributed by atoms with Gasteiger partial charge in [0.25, 0.3) is 0 Å². The highest BCUT2D eigenvalue weighted by Gasteiger charge is 2.48. The van der Waals surface area contributed by atoms with Gasteiger partial charge in [-0.1, -0.05) is 192 Å². The van der Waals surface area contributed by atoms with Crippen molar-refractivity contribution in [2.24, 2.45) is 0 Å². The van der Waals surface area contributed by atoms with Crippen molar-refractivity contribution in [3.05, 3.63) is 36.5 Å². The van der Waals surface area contributed by atoms with Crippen LogP contribution in [0.2, 0.25) is 0 Å². The third-order valence-corrected chi connectivity index (χ3v) is 12.7. The fraction of sp³-hybridized carbons (Fsp3) is 0.868. The molecule has 1 aliphatic heterocycles. The topological polar surface area (TPSA) is 178 Å². The summed E-state index contributed by atoms with van der Waals surface area (Å²) in [6.45, 7) is 3.98. The number of allylic oxidation sites excluding steroid dienone is 6. The summed E-state index contributed by atoms with van der Waals surface area (Å²) < 4.78 is 59.2. The zero-order valence-corrected chi connectivity index (χ0v) is 42.6. The molecule has 0 amide bonds. The molecule has 0 aromatic carbocycles. The van der Waals surface area contributed by atoms with Crippen LogP contribution in [0.4, 0.5) is 0 Å². The summed E-state index contributed by atoms with van der Waals surface area (Å²) in [5.41, 5.74) is 0. The zero-order chi connectivity index (χ0) is 48.2. The Hall–Kier alpha value is -1.68. The number of unbranched alkanes of at least 4 members (excludes halogenated alkanes) is 28. The third-order valence-electron chi connectivity index (χ3n) is 12.2. The fourth-order valence-electron chi connectivity index (χ4n) is 8.17. The van der Waals surface area contributed by atoms with Crippen LogP contribution >= 0.6 is 0 Å². The lowest BCUT2D eigenvalue weighted by atomic mass is 9.99. The molecule has 4 N–H and O–H groups in total. The second-order valence-electron chi connectivity index (χ2n) is 18.5. The minimum atomic E-state index is -5.06. The predicted molar refractivity (Wildman–Crippen MR) is 267 cm³/mol. The average Bonchev–Trinajstić information content (AvgIpc) is 3.29. The molecule has 6 unspecified atom stereocenters. The Morgan fingerprint density at radius 1 is 0.576 bits per heavy atom. The van der Waals surface area contributed by atoms with Gasteiger partial charge >= 0.3 is 16.4 Å². The van der Waals surface area contributed by atoms with Gasteiger partial charge in [-0.3, -0.25) is 9.35 Å². The van der Waals surface area contributed by atoms with E-state index < -0.39 is 59.8 Å². The first-order chi connectivity index (χ1) is 32.1. The van der Waals surface area contributed by atoms with E-state index in [9.17, 15) is 33.1 Å². The molecule has 1 aliphatic rings. The number of ether oxygens (including phenoxy) is 4. The van der Waals surface area contributed by atoms with Crippen molar-refractivity contribution in [2.45, 2.75) is 269 Å². The quantitative estimate of drug-likeness (QED) is 0.0197. The van der Waals surface area contributed by atoms with Gasteiger partial charge in [0.1, 0.15) is 30.5 Å². The van der Waals surface area contributed by atoms with E-state index in [2.05, 4.69) is 54.5 Å². The maximum absolute atomic E-state index is 12.9. The summed E-state index contributed by atoms with van der Waals surface area (Å²) in [6.07, 6.45) is 44.7. The van der Waals surface area contributed by atoms with Crippen molar-refractivity contribution in [3.8, 4) is 0 Å². The molecule has 0 bridgehead atoms. The summed E-state index contributed by atoms with van der Waals surface area (Å²) >= 11 is 0. The molecular formula is C53H98O12S. The van der Waals surface area contributed by atoms with E-state index in [1.807, 2.05) is 0 Å². The second-order valence-corrected chi connectivity index (χ2v) is 19.5. The first kappa shape index (κ1) is 62.3. The van der Waals surface area contributed by atoms with Crippen LogP contribution in [0.3, 0.4) is 0 Å².